The second kappa shape index (κ2) is 3.93. The van der Waals surface area contributed by atoms with E-state index in [1.165, 1.54) is 12.1 Å². The van der Waals surface area contributed by atoms with Crippen LogP contribution in [0.25, 0.3) is 0 Å². The molecule has 0 spiro atoms. The largest absolute Gasteiger partial charge is 0.311 e. The number of rotatable bonds is 1. The molecule has 80 valence electrons. The van der Waals surface area contributed by atoms with Gasteiger partial charge >= 0.3 is 0 Å². The number of hydrogen-bond donors (Lipinski definition) is 0. The van der Waals surface area contributed by atoms with E-state index < -0.39 is 0 Å². The summed E-state index contributed by atoms with van der Waals surface area (Å²) in [5, 5.41) is 0. The van der Waals surface area contributed by atoms with Gasteiger partial charge in [0.15, 0.2) is 0 Å². The van der Waals surface area contributed by atoms with Crippen molar-refractivity contribution in [3.05, 3.63) is 29.6 Å². The van der Waals surface area contributed by atoms with Crippen LogP contribution in [0.5, 0.6) is 0 Å². The predicted octanol–water partition coefficient (Wildman–Crippen LogP) is 2.63. The van der Waals surface area contributed by atoms with Gasteiger partial charge in [-0.3, -0.25) is 4.79 Å². The number of halogens is 2. The van der Waals surface area contributed by atoms with Gasteiger partial charge in [-0.15, -0.1) is 0 Å². The summed E-state index contributed by atoms with van der Waals surface area (Å²) in [5.74, 6) is -0.176. The maximum atomic E-state index is 12.9. The molecule has 1 fully saturated rings. The van der Waals surface area contributed by atoms with E-state index in [0.29, 0.717) is 13.0 Å². The van der Waals surface area contributed by atoms with E-state index in [1.54, 1.807) is 11.0 Å². The highest BCUT2D eigenvalue weighted by Gasteiger charge is 2.29. The smallest absolute Gasteiger partial charge is 0.228 e. The summed E-state index contributed by atoms with van der Waals surface area (Å²) in [6.45, 7) is 2.47. The van der Waals surface area contributed by atoms with Crippen LogP contribution in [-0.4, -0.2) is 17.3 Å². The molecular weight excluding hydrogens is 261 g/mol. The third-order valence-electron chi connectivity index (χ3n) is 2.53. The number of anilines is 1. The van der Waals surface area contributed by atoms with E-state index in [4.69, 9.17) is 0 Å². The lowest BCUT2D eigenvalue weighted by Gasteiger charge is -2.18. The van der Waals surface area contributed by atoms with Gasteiger partial charge in [0.25, 0.3) is 0 Å². The molecule has 0 N–H and O–H groups in total. The maximum absolute atomic E-state index is 12.9. The molecule has 1 saturated heterocycles. The van der Waals surface area contributed by atoms with Crippen molar-refractivity contribution in [1.82, 2.24) is 0 Å². The summed E-state index contributed by atoms with van der Waals surface area (Å²) in [6.07, 6.45) is 0.511. The molecular formula is C11H11BrFNO. The van der Waals surface area contributed by atoms with Gasteiger partial charge in [-0.1, -0.05) is 15.9 Å². The van der Waals surface area contributed by atoms with Gasteiger partial charge in [-0.2, -0.15) is 0 Å². The zero-order chi connectivity index (χ0) is 11.0. The molecule has 1 unspecified atom stereocenters. The van der Waals surface area contributed by atoms with Crippen LogP contribution in [0.3, 0.4) is 0 Å². The maximum Gasteiger partial charge on any atom is 0.228 e. The molecule has 1 atom stereocenters. The Morgan fingerprint density at radius 1 is 1.53 bits per heavy atom. The number of carbonyl (C=O) groups excluding carboxylic acids is 1. The molecule has 1 aromatic rings. The SMILES string of the molecule is Cc1cc(F)ccc1N1CC(Br)CC1=O. The molecule has 15 heavy (non-hydrogen) atoms. The summed E-state index contributed by atoms with van der Waals surface area (Å²) in [5.41, 5.74) is 1.60. The second-order valence-corrected chi connectivity index (χ2v) is 5.03. The van der Waals surface area contributed by atoms with Crippen molar-refractivity contribution >= 4 is 27.5 Å². The number of nitrogens with zero attached hydrogens (tertiary/aromatic N) is 1. The highest BCUT2D eigenvalue weighted by Crippen LogP contribution is 2.28. The lowest BCUT2D eigenvalue weighted by Crippen LogP contribution is -2.25. The Kier molecular flexibility index (Phi) is 2.78. The van der Waals surface area contributed by atoms with Crippen LogP contribution in [0.1, 0.15) is 12.0 Å². The first-order valence-electron chi connectivity index (χ1n) is 4.78. The van der Waals surface area contributed by atoms with Gasteiger partial charge < -0.3 is 4.90 Å². The number of alkyl halides is 1. The third-order valence-corrected chi connectivity index (χ3v) is 3.14. The van der Waals surface area contributed by atoms with E-state index in [-0.39, 0.29) is 16.6 Å². The number of amides is 1. The van der Waals surface area contributed by atoms with Crippen molar-refractivity contribution in [3.63, 3.8) is 0 Å². The van der Waals surface area contributed by atoms with Crippen LogP contribution in [0, 0.1) is 12.7 Å². The van der Waals surface area contributed by atoms with Crippen LogP contribution in [0.2, 0.25) is 0 Å². The van der Waals surface area contributed by atoms with E-state index >= 15 is 0 Å². The van der Waals surface area contributed by atoms with Gasteiger partial charge in [0.1, 0.15) is 5.82 Å². The van der Waals surface area contributed by atoms with Gasteiger partial charge in [-0.25, -0.2) is 4.39 Å². The first kappa shape index (κ1) is 10.6. The van der Waals surface area contributed by atoms with Crippen LogP contribution < -0.4 is 4.90 Å². The standard InChI is InChI=1S/C11H11BrFNO/c1-7-4-9(13)2-3-10(7)14-6-8(12)5-11(14)15/h2-4,8H,5-6H2,1H3. The lowest BCUT2D eigenvalue weighted by atomic mass is 10.2. The molecule has 2 nitrogen and oxygen atoms in total. The van der Waals surface area contributed by atoms with Gasteiger partial charge in [0.2, 0.25) is 5.91 Å². The first-order valence-corrected chi connectivity index (χ1v) is 5.70. The molecule has 0 bridgehead atoms. The first-order chi connectivity index (χ1) is 7.08. The van der Waals surface area contributed by atoms with Gasteiger partial charge in [-0.05, 0) is 30.7 Å². The minimum atomic E-state index is -0.265. The molecule has 1 aliphatic rings. The van der Waals surface area contributed by atoms with E-state index in [9.17, 15) is 9.18 Å². The predicted molar refractivity (Wildman–Crippen MR) is 60.8 cm³/mol. The van der Waals surface area contributed by atoms with Crippen molar-refractivity contribution in [2.45, 2.75) is 18.2 Å². The molecule has 2 rings (SSSR count). The Labute approximate surface area is 96.2 Å². The minimum Gasteiger partial charge on any atom is -0.311 e. The van der Waals surface area contributed by atoms with Crippen molar-refractivity contribution in [3.8, 4) is 0 Å². The molecule has 0 radical (unpaired) electrons. The van der Waals surface area contributed by atoms with Crippen LogP contribution in [0.15, 0.2) is 18.2 Å². The quantitative estimate of drug-likeness (QED) is 0.720. The van der Waals surface area contributed by atoms with Gasteiger partial charge in [0.05, 0.1) is 0 Å². The topological polar surface area (TPSA) is 20.3 Å². The summed E-state index contributed by atoms with van der Waals surface area (Å²) in [7, 11) is 0. The third kappa shape index (κ3) is 2.04. The Bertz CT molecular complexity index is 408. The molecule has 0 aliphatic carbocycles. The Balaban J connectivity index is 2.34. The fourth-order valence-electron chi connectivity index (χ4n) is 1.82. The van der Waals surface area contributed by atoms with Gasteiger partial charge in [0, 0.05) is 23.5 Å². The zero-order valence-electron chi connectivity index (χ0n) is 8.34. The Morgan fingerprint density at radius 2 is 2.27 bits per heavy atom. The summed E-state index contributed by atoms with van der Waals surface area (Å²) in [4.78, 5) is 13.5. The number of benzene rings is 1. The van der Waals surface area contributed by atoms with Crippen LogP contribution in [-0.2, 0) is 4.79 Å². The van der Waals surface area contributed by atoms with Crippen LogP contribution >= 0.6 is 15.9 Å². The highest BCUT2D eigenvalue weighted by molar-refractivity contribution is 9.09. The average molecular weight is 272 g/mol. The molecule has 0 saturated carbocycles. The molecule has 1 heterocycles. The fourth-order valence-corrected chi connectivity index (χ4v) is 2.39. The number of carbonyl (C=O) groups is 1. The Hall–Kier alpha value is -0.900. The average Bonchev–Trinajstić information content (AvgIpc) is 2.45. The van der Waals surface area contributed by atoms with Crippen molar-refractivity contribution < 1.29 is 9.18 Å². The van der Waals surface area contributed by atoms with Crippen LogP contribution in [0.4, 0.5) is 10.1 Å². The second-order valence-electron chi connectivity index (χ2n) is 3.74. The van der Waals surface area contributed by atoms with Crippen molar-refractivity contribution in [2.24, 2.45) is 0 Å². The molecule has 4 heteroatoms. The van der Waals surface area contributed by atoms with Crippen molar-refractivity contribution in [2.75, 3.05) is 11.4 Å². The Morgan fingerprint density at radius 3 is 2.80 bits per heavy atom. The van der Waals surface area contributed by atoms with E-state index in [2.05, 4.69) is 15.9 Å². The summed E-state index contributed by atoms with van der Waals surface area (Å²) < 4.78 is 12.9. The fraction of sp³-hybridized carbons (Fsp3) is 0.364. The molecule has 0 aromatic heterocycles. The monoisotopic (exact) mass is 271 g/mol. The van der Waals surface area contributed by atoms with E-state index in [1.807, 2.05) is 6.92 Å². The van der Waals surface area contributed by atoms with Crippen molar-refractivity contribution in [1.29, 1.82) is 0 Å². The summed E-state index contributed by atoms with van der Waals surface area (Å²) in [6, 6.07) is 4.49. The number of aryl methyl sites for hydroxylation is 1. The molecule has 1 aliphatic heterocycles. The minimum absolute atomic E-state index is 0.0894. The normalized spacial score (nSPS) is 21.1. The van der Waals surface area contributed by atoms with E-state index in [0.717, 1.165) is 11.3 Å². The zero-order valence-corrected chi connectivity index (χ0v) is 9.92. The lowest BCUT2D eigenvalue weighted by molar-refractivity contribution is -0.117. The molecule has 1 amide bonds. The summed E-state index contributed by atoms with van der Waals surface area (Å²) >= 11 is 3.42. The number of hydrogen-bond acceptors (Lipinski definition) is 1. The molecule has 1 aromatic carbocycles. The highest BCUT2D eigenvalue weighted by atomic mass is 79.9.